The summed E-state index contributed by atoms with van der Waals surface area (Å²) < 4.78 is 76.5. The van der Waals surface area contributed by atoms with E-state index in [-0.39, 0.29) is 27.8 Å². The van der Waals surface area contributed by atoms with Crippen molar-refractivity contribution in [3.63, 3.8) is 0 Å². The molecule has 0 saturated heterocycles. The minimum Gasteiger partial charge on any atom is -0.493 e. The quantitative estimate of drug-likeness (QED) is 0.531. The second-order valence-electron chi connectivity index (χ2n) is 8.00. The lowest BCUT2D eigenvalue weighted by molar-refractivity contribution is 0.228. The number of benzene rings is 2. The molecule has 3 rings (SSSR count). The molecule has 10 nitrogen and oxygen atoms in total. The van der Waals surface area contributed by atoms with Crippen molar-refractivity contribution in [3.05, 3.63) is 48.8 Å². The molecule has 0 aromatic heterocycles. The van der Waals surface area contributed by atoms with Crippen LogP contribution >= 0.6 is 0 Å². The first-order chi connectivity index (χ1) is 15.9. The highest BCUT2D eigenvalue weighted by molar-refractivity contribution is 7.89. The van der Waals surface area contributed by atoms with Crippen molar-refractivity contribution in [2.24, 2.45) is 0 Å². The van der Waals surface area contributed by atoms with Gasteiger partial charge in [-0.2, -0.15) is 0 Å². The van der Waals surface area contributed by atoms with Gasteiger partial charge >= 0.3 is 0 Å². The third-order valence-electron chi connectivity index (χ3n) is 5.38. The van der Waals surface area contributed by atoms with Crippen LogP contribution in [-0.4, -0.2) is 66.0 Å². The second kappa shape index (κ2) is 9.26. The SMILES string of the molecule is COc1ccc(S(=O)(=O)N2C=CN(S(=O)(=O)c3ccc(OC)c(OC)c3)C(C)(C)C2)cc1OC. The van der Waals surface area contributed by atoms with Crippen molar-refractivity contribution in [3.8, 4) is 23.0 Å². The van der Waals surface area contributed by atoms with Gasteiger partial charge in [-0.25, -0.2) is 16.8 Å². The Labute approximate surface area is 200 Å². The largest absolute Gasteiger partial charge is 0.493 e. The van der Waals surface area contributed by atoms with Gasteiger partial charge in [-0.15, -0.1) is 0 Å². The molecule has 2 aromatic carbocycles. The van der Waals surface area contributed by atoms with Crippen LogP contribution in [0.3, 0.4) is 0 Å². The van der Waals surface area contributed by atoms with Crippen LogP contribution in [-0.2, 0) is 20.0 Å². The highest BCUT2D eigenvalue weighted by Crippen LogP contribution is 2.36. The molecule has 0 radical (unpaired) electrons. The molecular formula is C22H28N2O8S2. The second-order valence-corrected chi connectivity index (χ2v) is 11.7. The van der Waals surface area contributed by atoms with Gasteiger partial charge in [-0.05, 0) is 38.1 Å². The minimum atomic E-state index is -4.03. The van der Waals surface area contributed by atoms with Crippen molar-refractivity contribution in [2.45, 2.75) is 29.2 Å². The highest BCUT2D eigenvalue weighted by Gasteiger charge is 2.41. The van der Waals surface area contributed by atoms with Gasteiger partial charge in [-0.1, -0.05) is 0 Å². The molecule has 2 aromatic rings. The van der Waals surface area contributed by atoms with Crippen LogP contribution in [0.5, 0.6) is 23.0 Å². The molecule has 0 amide bonds. The zero-order chi connectivity index (χ0) is 25.3. The predicted octanol–water partition coefficient (Wildman–Crippen LogP) is 2.67. The number of hydrogen-bond acceptors (Lipinski definition) is 8. The summed E-state index contributed by atoms with van der Waals surface area (Å²) in [5, 5.41) is 0. The van der Waals surface area contributed by atoms with Crippen LogP contribution in [0.15, 0.2) is 58.6 Å². The fourth-order valence-corrected chi connectivity index (χ4v) is 6.73. The van der Waals surface area contributed by atoms with Crippen LogP contribution in [0.4, 0.5) is 0 Å². The van der Waals surface area contributed by atoms with E-state index >= 15 is 0 Å². The molecule has 186 valence electrons. The summed E-state index contributed by atoms with van der Waals surface area (Å²) in [6, 6.07) is 8.54. The molecule has 0 N–H and O–H groups in total. The highest BCUT2D eigenvalue weighted by atomic mass is 32.2. The Kier molecular flexibility index (Phi) is 6.94. The summed E-state index contributed by atoms with van der Waals surface area (Å²) in [6.07, 6.45) is 2.48. The van der Waals surface area contributed by atoms with E-state index in [1.54, 1.807) is 13.8 Å². The minimum absolute atomic E-state index is 0.0122. The Hall–Kier alpha value is -3.12. The van der Waals surface area contributed by atoms with Crippen molar-refractivity contribution in [1.82, 2.24) is 8.61 Å². The van der Waals surface area contributed by atoms with Gasteiger partial charge in [0, 0.05) is 24.5 Å². The number of nitrogens with zero attached hydrogens (tertiary/aromatic N) is 2. The molecule has 34 heavy (non-hydrogen) atoms. The number of ether oxygens (including phenoxy) is 4. The van der Waals surface area contributed by atoms with Gasteiger partial charge in [0.15, 0.2) is 23.0 Å². The zero-order valence-corrected chi connectivity index (χ0v) is 21.4. The van der Waals surface area contributed by atoms with E-state index in [2.05, 4.69) is 0 Å². The summed E-state index contributed by atoms with van der Waals surface area (Å²) in [5.74, 6) is 1.31. The maximum atomic E-state index is 13.4. The number of sulfonamides is 2. The van der Waals surface area contributed by atoms with E-state index in [0.717, 1.165) is 8.61 Å². The number of rotatable bonds is 8. The summed E-state index contributed by atoms with van der Waals surface area (Å²) in [4.78, 5) is -0.0270. The lowest BCUT2D eigenvalue weighted by Crippen LogP contribution is -2.54. The molecule has 0 bridgehead atoms. The first-order valence-corrected chi connectivity index (χ1v) is 13.0. The molecule has 0 unspecified atom stereocenters. The maximum absolute atomic E-state index is 13.4. The van der Waals surface area contributed by atoms with Crippen LogP contribution in [0.1, 0.15) is 13.8 Å². The molecule has 0 fully saturated rings. The molecule has 0 aliphatic carbocycles. The van der Waals surface area contributed by atoms with Crippen molar-refractivity contribution >= 4 is 20.0 Å². The molecule has 1 heterocycles. The Balaban J connectivity index is 1.99. The van der Waals surface area contributed by atoms with Crippen molar-refractivity contribution in [1.29, 1.82) is 0 Å². The van der Waals surface area contributed by atoms with Gasteiger partial charge < -0.3 is 18.9 Å². The van der Waals surface area contributed by atoms with Gasteiger partial charge in [-0.3, -0.25) is 8.61 Å². The topological polar surface area (TPSA) is 112 Å². The Morgan fingerprint density at radius 1 is 0.676 bits per heavy atom. The third kappa shape index (κ3) is 4.47. The van der Waals surface area contributed by atoms with E-state index in [1.165, 1.54) is 77.2 Å². The fourth-order valence-electron chi connectivity index (χ4n) is 3.61. The third-order valence-corrected chi connectivity index (χ3v) is 9.08. The molecule has 12 heteroatoms. The van der Waals surface area contributed by atoms with Crippen LogP contribution in [0.25, 0.3) is 0 Å². The van der Waals surface area contributed by atoms with Crippen LogP contribution in [0.2, 0.25) is 0 Å². The lowest BCUT2D eigenvalue weighted by atomic mass is 10.1. The molecular weight excluding hydrogens is 484 g/mol. The summed E-state index contributed by atoms with van der Waals surface area (Å²) in [7, 11) is -2.29. The Morgan fingerprint density at radius 3 is 1.53 bits per heavy atom. The molecule has 0 atom stereocenters. The summed E-state index contributed by atoms with van der Waals surface area (Å²) in [5.41, 5.74) is -1.11. The van der Waals surface area contributed by atoms with Crippen LogP contribution < -0.4 is 18.9 Å². The monoisotopic (exact) mass is 512 g/mol. The van der Waals surface area contributed by atoms with Gasteiger partial charge in [0.05, 0.1) is 50.3 Å². The first-order valence-electron chi connectivity index (χ1n) is 10.1. The normalized spacial score (nSPS) is 15.7. The molecule has 1 aliphatic heterocycles. The van der Waals surface area contributed by atoms with Gasteiger partial charge in [0.25, 0.3) is 20.0 Å². The van der Waals surface area contributed by atoms with Gasteiger partial charge in [0.1, 0.15) is 0 Å². The predicted molar refractivity (Wildman–Crippen MR) is 125 cm³/mol. The summed E-state index contributed by atoms with van der Waals surface area (Å²) >= 11 is 0. The average molecular weight is 513 g/mol. The van der Waals surface area contributed by atoms with E-state index in [0.29, 0.717) is 11.5 Å². The number of hydrogen-bond donors (Lipinski definition) is 0. The molecule has 0 saturated carbocycles. The van der Waals surface area contributed by atoms with Crippen LogP contribution in [0, 0.1) is 0 Å². The Bertz CT molecular complexity index is 1300. The van der Waals surface area contributed by atoms with Crippen molar-refractivity contribution in [2.75, 3.05) is 35.0 Å². The molecule has 0 spiro atoms. The van der Waals surface area contributed by atoms with Gasteiger partial charge in [0.2, 0.25) is 0 Å². The average Bonchev–Trinajstić information content (AvgIpc) is 2.81. The molecule has 1 aliphatic rings. The number of methoxy groups -OCH3 is 4. The zero-order valence-electron chi connectivity index (χ0n) is 19.8. The fraction of sp³-hybridized carbons (Fsp3) is 0.364. The summed E-state index contributed by atoms with van der Waals surface area (Å²) in [6.45, 7) is 3.17. The van der Waals surface area contributed by atoms with E-state index in [9.17, 15) is 16.8 Å². The van der Waals surface area contributed by atoms with E-state index < -0.39 is 25.6 Å². The first kappa shape index (κ1) is 25.5. The standard InChI is InChI=1S/C22H28N2O8S2/c1-22(2)15-23(33(25,26)16-7-9-18(29-3)20(13-16)31-5)11-12-24(22)34(27,28)17-8-10-19(30-4)21(14-17)32-6/h7-14H,15H2,1-6H3. The van der Waals surface area contributed by atoms with Crippen molar-refractivity contribution < 1.29 is 35.8 Å². The Morgan fingerprint density at radius 2 is 1.12 bits per heavy atom. The van der Waals surface area contributed by atoms with E-state index in [4.69, 9.17) is 18.9 Å². The lowest BCUT2D eigenvalue weighted by Gasteiger charge is -2.43. The smallest absolute Gasteiger partial charge is 0.264 e. The maximum Gasteiger partial charge on any atom is 0.264 e. The van der Waals surface area contributed by atoms with E-state index in [1.807, 2.05) is 0 Å².